The molecule has 0 aliphatic heterocycles. The smallest absolute Gasteiger partial charge is 0.236 e. The van der Waals surface area contributed by atoms with Gasteiger partial charge < -0.3 is 4.90 Å². The first kappa shape index (κ1) is 11.1. The van der Waals surface area contributed by atoms with E-state index in [0.29, 0.717) is 6.54 Å². The molecule has 0 aliphatic rings. The van der Waals surface area contributed by atoms with Gasteiger partial charge in [-0.1, -0.05) is 12.1 Å². The molecular weight excluding hydrogens is 194 g/mol. The van der Waals surface area contributed by atoms with Crippen molar-refractivity contribution in [2.24, 2.45) is 0 Å². The second-order valence-corrected chi connectivity index (χ2v) is 3.45. The number of amides is 1. The SMILES string of the molecule is CCN(C(=O)CS)c1cccc(C)c1. The van der Waals surface area contributed by atoms with Crippen LogP contribution < -0.4 is 4.90 Å². The van der Waals surface area contributed by atoms with Gasteiger partial charge in [0.15, 0.2) is 0 Å². The third kappa shape index (κ3) is 2.51. The molecule has 0 aromatic heterocycles. The van der Waals surface area contributed by atoms with Crippen molar-refractivity contribution in [3.63, 3.8) is 0 Å². The maximum atomic E-state index is 11.5. The third-order valence-electron chi connectivity index (χ3n) is 2.07. The molecule has 0 aliphatic carbocycles. The molecular formula is C11H15NOS. The van der Waals surface area contributed by atoms with Crippen molar-refractivity contribution in [3.05, 3.63) is 29.8 Å². The quantitative estimate of drug-likeness (QED) is 0.757. The number of benzene rings is 1. The molecule has 0 fully saturated rings. The van der Waals surface area contributed by atoms with Gasteiger partial charge in [-0.3, -0.25) is 4.79 Å². The standard InChI is InChI=1S/C11H15NOS/c1-3-12(11(13)8-14)10-6-4-5-9(2)7-10/h4-7,14H,3,8H2,1-2H3. The van der Waals surface area contributed by atoms with Gasteiger partial charge in [0, 0.05) is 12.2 Å². The second kappa shape index (κ2) is 5.05. The largest absolute Gasteiger partial charge is 0.312 e. The Kier molecular flexibility index (Phi) is 4.01. The van der Waals surface area contributed by atoms with Crippen LogP contribution in [0.15, 0.2) is 24.3 Å². The van der Waals surface area contributed by atoms with Gasteiger partial charge in [-0.2, -0.15) is 12.6 Å². The summed E-state index contributed by atoms with van der Waals surface area (Å²) in [5, 5.41) is 0. The van der Waals surface area contributed by atoms with Crippen LogP contribution in [-0.4, -0.2) is 18.2 Å². The first-order chi connectivity index (χ1) is 6.69. The first-order valence-electron chi connectivity index (χ1n) is 4.67. The highest BCUT2D eigenvalue weighted by atomic mass is 32.1. The van der Waals surface area contributed by atoms with Crippen LogP contribution in [0.2, 0.25) is 0 Å². The third-order valence-corrected chi connectivity index (χ3v) is 2.34. The Hall–Kier alpha value is -0.960. The Morgan fingerprint density at radius 2 is 2.21 bits per heavy atom. The van der Waals surface area contributed by atoms with Gasteiger partial charge in [0.25, 0.3) is 0 Å². The lowest BCUT2D eigenvalue weighted by Crippen LogP contribution is -2.31. The molecule has 0 saturated carbocycles. The van der Waals surface area contributed by atoms with E-state index in [0.717, 1.165) is 11.3 Å². The zero-order valence-corrected chi connectivity index (χ0v) is 9.42. The van der Waals surface area contributed by atoms with Crippen molar-refractivity contribution in [3.8, 4) is 0 Å². The van der Waals surface area contributed by atoms with Gasteiger partial charge in [0.1, 0.15) is 0 Å². The Bertz CT molecular complexity index is 325. The predicted molar refractivity (Wildman–Crippen MR) is 63.1 cm³/mol. The Balaban J connectivity index is 2.94. The number of nitrogens with zero attached hydrogens (tertiary/aromatic N) is 1. The molecule has 14 heavy (non-hydrogen) atoms. The molecule has 0 spiro atoms. The minimum atomic E-state index is 0.0430. The summed E-state index contributed by atoms with van der Waals surface area (Å²) >= 11 is 3.99. The van der Waals surface area contributed by atoms with Crippen molar-refractivity contribution in [1.29, 1.82) is 0 Å². The molecule has 0 heterocycles. The maximum absolute atomic E-state index is 11.5. The fourth-order valence-electron chi connectivity index (χ4n) is 1.38. The minimum Gasteiger partial charge on any atom is -0.312 e. The topological polar surface area (TPSA) is 20.3 Å². The molecule has 1 rings (SSSR count). The highest BCUT2D eigenvalue weighted by molar-refractivity contribution is 7.81. The number of thiol groups is 1. The lowest BCUT2D eigenvalue weighted by atomic mass is 10.2. The summed E-state index contributed by atoms with van der Waals surface area (Å²) in [4.78, 5) is 13.2. The van der Waals surface area contributed by atoms with Crippen molar-refractivity contribution in [1.82, 2.24) is 0 Å². The van der Waals surface area contributed by atoms with E-state index >= 15 is 0 Å². The van der Waals surface area contributed by atoms with E-state index in [2.05, 4.69) is 12.6 Å². The number of carbonyl (C=O) groups is 1. The molecule has 3 heteroatoms. The molecule has 76 valence electrons. The van der Waals surface area contributed by atoms with E-state index in [4.69, 9.17) is 0 Å². The van der Waals surface area contributed by atoms with Gasteiger partial charge in [-0.25, -0.2) is 0 Å². The maximum Gasteiger partial charge on any atom is 0.236 e. The van der Waals surface area contributed by atoms with Gasteiger partial charge in [-0.15, -0.1) is 0 Å². The number of aryl methyl sites for hydroxylation is 1. The summed E-state index contributed by atoms with van der Waals surface area (Å²) in [6.45, 7) is 4.66. The molecule has 0 unspecified atom stereocenters. The second-order valence-electron chi connectivity index (χ2n) is 3.14. The predicted octanol–water partition coefficient (Wildman–Crippen LogP) is 2.28. The van der Waals surface area contributed by atoms with Crippen molar-refractivity contribution >= 4 is 24.2 Å². The zero-order chi connectivity index (χ0) is 10.6. The van der Waals surface area contributed by atoms with Crippen LogP contribution >= 0.6 is 12.6 Å². The van der Waals surface area contributed by atoms with Crippen LogP contribution in [0.3, 0.4) is 0 Å². The molecule has 0 atom stereocenters. The zero-order valence-electron chi connectivity index (χ0n) is 8.53. The molecule has 1 aromatic rings. The lowest BCUT2D eigenvalue weighted by molar-refractivity contribution is -0.116. The van der Waals surface area contributed by atoms with E-state index in [1.807, 2.05) is 38.1 Å². The van der Waals surface area contributed by atoms with E-state index in [1.165, 1.54) is 0 Å². The summed E-state index contributed by atoms with van der Waals surface area (Å²) in [5.74, 6) is 0.295. The highest BCUT2D eigenvalue weighted by Gasteiger charge is 2.11. The lowest BCUT2D eigenvalue weighted by Gasteiger charge is -2.20. The molecule has 0 bridgehead atoms. The van der Waals surface area contributed by atoms with Crippen LogP contribution in [0.4, 0.5) is 5.69 Å². The van der Waals surface area contributed by atoms with Crippen LogP contribution in [0, 0.1) is 6.92 Å². The Morgan fingerprint density at radius 3 is 2.71 bits per heavy atom. The fraction of sp³-hybridized carbons (Fsp3) is 0.364. The van der Waals surface area contributed by atoms with Crippen LogP contribution in [-0.2, 0) is 4.79 Å². The molecule has 0 N–H and O–H groups in total. The summed E-state index contributed by atoms with van der Waals surface area (Å²) in [5.41, 5.74) is 2.11. The summed E-state index contributed by atoms with van der Waals surface area (Å²) in [7, 11) is 0. The van der Waals surface area contributed by atoms with Crippen LogP contribution in [0.1, 0.15) is 12.5 Å². The van der Waals surface area contributed by atoms with Crippen molar-refractivity contribution in [2.75, 3.05) is 17.2 Å². The van der Waals surface area contributed by atoms with Gasteiger partial charge in [0.2, 0.25) is 5.91 Å². The van der Waals surface area contributed by atoms with Crippen molar-refractivity contribution in [2.45, 2.75) is 13.8 Å². The normalized spacial score (nSPS) is 9.93. The minimum absolute atomic E-state index is 0.0430. The van der Waals surface area contributed by atoms with E-state index in [1.54, 1.807) is 4.90 Å². The number of hydrogen-bond donors (Lipinski definition) is 1. The first-order valence-corrected chi connectivity index (χ1v) is 5.30. The molecule has 0 radical (unpaired) electrons. The fourth-order valence-corrected chi connectivity index (χ4v) is 1.55. The summed E-state index contributed by atoms with van der Waals surface area (Å²) in [6.07, 6.45) is 0. The molecule has 1 aromatic carbocycles. The van der Waals surface area contributed by atoms with Crippen LogP contribution in [0.5, 0.6) is 0 Å². The summed E-state index contributed by atoms with van der Waals surface area (Å²) in [6, 6.07) is 7.92. The van der Waals surface area contributed by atoms with Gasteiger partial charge >= 0.3 is 0 Å². The number of rotatable bonds is 3. The van der Waals surface area contributed by atoms with E-state index in [9.17, 15) is 4.79 Å². The Labute approximate surface area is 90.3 Å². The van der Waals surface area contributed by atoms with Gasteiger partial charge in [0.05, 0.1) is 5.75 Å². The number of hydrogen-bond acceptors (Lipinski definition) is 2. The number of carbonyl (C=O) groups excluding carboxylic acids is 1. The average molecular weight is 209 g/mol. The van der Waals surface area contributed by atoms with E-state index < -0.39 is 0 Å². The summed E-state index contributed by atoms with van der Waals surface area (Å²) < 4.78 is 0. The van der Waals surface area contributed by atoms with Crippen LogP contribution in [0.25, 0.3) is 0 Å². The highest BCUT2D eigenvalue weighted by Crippen LogP contribution is 2.15. The monoisotopic (exact) mass is 209 g/mol. The van der Waals surface area contributed by atoms with Gasteiger partial charge in [-0.05, 0) is 31.5 Å². The molecule has 1 amide bonds. The van der Waals surface area contributed by atoms with E-state index in [-0.39, 0.29) is 11.7 Å². The molecule has 2 nitrogen and oxygen atoms in total. The van der Waals surface area contributed by atoms with Crippen molar-refractivity contribution < 1.29 is 4.79 Å². The average Bonchev–Trinajstić information content (AvgIpc) is 2.19. The molecule has 0 saturated heterocycles. The number of anilines is 1. The Morgan fingerprint density at radius 1 is 1.50 bits per heavy atom.